The summed E-state index contributed by atoms with van der Waals surface area (Å²) in [6.45, 7) is 4.08. The van der Waals surface area contributed by atoms with Gasteiger partial charge in [0.25, 0.3) is 0 Å². The number of rotatable bonds is 5. The smallest absolute Gasteiger partial charge is 0.228 e. The fourth-order valence-corrected chi connectivity index (χ4v) is 4.23. The average molecular weight is 408 g/mol. The van der Waals surface area contributed by atoms with Gasteiger partial charge >= 0.3 is 0 Å². The third-order valence-electron chi connectivity index (χ3n) is 5.41. The first kappa shape index (κ1) is 19.3. The third kappa shape index (κ3) is 3.45. The van der Waals surface area contributed by atoms with Gasteiger partial charge in [-0.05, 0) is 40.1 Å². The van der Waals surface area contributed by atoms with Gasteiger partial charge in [-0.2, -0.15) is 0 Å². The molecule has 1 amide bonds. The zero-order valence-electron chi connectivity index (χ0n) is 16.4. The number of anilines is 1. The number of carbonyl (C=O) groups excluding carboxylic acids is 1. The molecule has 0 N–H and O–H groups in total. The van der Waals surface area contributed by atoms with Crippen LogP contribution in [-0.2, 0) is 4.79 Å². The minimum absolute atomic E-state index is 0.0226. The highest BCUT2D eigenvalue weighted by molar-refractivity contribution is 6.30. The highest BCUT2D eigenvalue weighted by atomic mass is 35.5. The first-order chi connectivity index (χ1) is 14.0. The van der Waals surface area contributed by atoms with E-state index in [0.29, 0.717) is 29.5 Å². The fourth-order valence-electron chi connectivity index (χ4n) is 4.11. The van der Waals surface area contributed by atoms with Crippen LogP contribution in [0, 0.1) is 0 Å². The molecular weight excluding hydrogens is 386 g/mol. The van der Waals surface area contributed by atoms with Crippen LogP contribution in [0.15, 0.2) is 66.2 Å². The molecule has 1 heterocycles. The maximum atomic E-state index is 13.1. The maximum absolute atomic E-state index is 13.1. The second-order valence-corrected chi connectivity index (χ2v) is 7.62. The summed E-state index contributed by atoms with van der Waals surface area (Å²) in [6.07, 6.45) is 0.348. The van der Waals surface area contributed by atoms with Crippen LogP contribution in [-0.4, -0.2) is 26.7 Å². The van der Waals surface area contributed by atoms with Crippen LogP contribution in [0.1, 0.15) is 23.5 Å². The van der Waals surface area contributed by atoms with E-state index in [1.807, 2.05) is 42.5 Å². The Kier molecular flexibility index (Phi) is 5.20. The molecule has 29 heavy (non-hydrogen) atoms. The van der Waals surface area contributed by atoms with Crippen molar-refractivity contribution < 1.29 is 14.3 Å². The molecule has 0 bridgehead atoms. The molecule has 3 aromatic rings. The van der Waals surface area contributed by atoms with Crippen LogP contribution in [0.3, 0.4) is 0 Å². The largest absolute Gasteiger partial charge is 0.493 e. The topological polar surface area (TPSA) is 38.8 Å². The van der Waals surface area contributed by atoms with Crippen molar-refractivity contribution in [3.63, 3.8) is 0 Å². The lowest BCUT2D eigenvalue weighted by Crippen LogP contribution is -2.37. The van der Waals surface area contributed by atoms with Gasteiger partial charge < -0.3 is 14.4 Å². The SMILES string of the molecule is C=C(Cl)CN1C(=O)CC(c2ccc(OC)c(OC)c2)c2c1ccc1ccccc21. The fraction of sp³-hybridized carbons (Fsp3) is 0.208. The lowest BCUT2D eigenvalue weighted by atomic mass is 9.81. The average Bonchev–Trinajstić information content (AvgIpc) is 2.74. The molecule has 0 aromatic heterocycles. The van der Waals surface area contributed by atoms with Crippen LogP contribution < -0.4 is 14.4 Å². The molecule has 0 radical (unpaired) electrons. The Balaban J connectivity index is 1.94. The highest BCUT2D eigenvalue weighted by Crippen LogP contribution is 2.45. The zero-order chi connectivity index (χ0) is 20.5. The number of ether oxygens (including phenoxy) is 2. The first-order valence-corrected chi connectivity index (χ1v) is 9.78. The summed E-state index contributed by atoms with van der Waals surface area (Å²) >= 11 is 6.07. The molecule has 148 valence electrons. The van der Waals surface area contributed by atoms with E-state index in [1.54, 1.807) is 19.1 Å². The molecule has 4 nitrogen and oxygen atoms in total. The molecule has 5 heteroatoms. The number of carbonyl (C=O) groups is 1. The maximum Gasteiger partial charge on any atom is 0.228 e. The van der Waals surface area contributed by atoms with Gasteiger partial charge in [0.2, 0.25) is 5.91 Å². The van der Waals surface area contributed by atoms with Gasteiger partial charge in [0, 0.05) is 23.1 Å². The van der Waals surface area contributed by atoms with Crippen LogP contribution >= 0.6 is 11.6 Å². The number of hydrogen-bond donors (Lipinski definition) is 0. The number of benzene rings is 3. The second-order valence-electron chi connectivity index (χ2n) is 7.09. The monoisotopic (exact) mass is 407 g/mol. The standard InChI is InChI=1S/C24H22ClNO3/c1-15(25)14-26-20-10-8-16-6-4-5-7-18(16)24(20)19(13-23(26)27)17-9-11-21(28-2)22(12-17)29-3/h4-12,19H,1,13-14H2,2-3H3. The molecule has 0 aliphatic carbocycles. The van der Waals surface area contributed by atoms with Crippen molar-refractivity contribution in [2.75, 3.05) is 25.7 Å². The number of halogens is 1. The van der Waals surface area contributed by atoms with Crippen molar-refractivity contribution >= 4 is 34.0 Å². The molecule has 1 unspecified atom stereocenters. The van der Waals surface area contributed by atoms with E-state index >= 15 is 0 Å². The van der Waals surface area contributed by atoms with E-state index in [4.69, 9.17) is 21.1 Å². The molecule has 0 spiro atoms. The Morgan fingerprint density at radius 1 is 1.10 bits per heavy atom. The Hall–Kier alpha value is -2.98. The predicted molar refractivity (Wildman–Crippen MR) is 117 cm³/mol. The van der Waals surface area contributed by atoms with Crippen LogP contribution in [0.2, 0.25) is 0 Å². The summed E-state index contributed by atoms with van der Waals surface area (Å²) in [4.78, 5) is 14.8. The number of methoxy groups -OCH3 is 2. The number of hydrogen-bond acceptors (Lipinski definition) is 3. The van der Waals surface area contributed by atoms with Gasteiger partial charge in [-0.3, -0.25) is 4.79 Å². The molecule has 0 fully saturated rings. The van der Waals surface area contributed by atoms with Gasteiger partial charge in [-0.15, -0.1) is 0 Å². The van der Waals surface area contributed by atoms with E-state index in [0.717, 1.165) is 27.6 Å². The lowest BCUT2D eigenvalue weighted by molar-refractivity contribution is -0.119. The Bertz CT molecular complexity index is 1110. The van der Waals surface area contributed by atoms with E-state index in [9.17, 15) is 4.79 Å². The van der Waals surface area contributed by atoms with Gasteiger partial charge in [0.1, 0.15) is 0 Å². The summed E-state index contributed by atoms with van der Waals surface area (Å²) in [6, 6.07) is 18.1. The highest BCUT2D eigenvalue weighted by Gasteiger charge is 2.34. The van der Waals surface area contributed by atoms with Crippen molar-refractivity contribution in [2.24, 2.45) is 0 Å². The van der Waals surface area contributed by atoms with E-state index in [2.05, 4.69) is 18.7 Å². The van der Waals surface area contributed by atoms with Crippen LogP contribution in [0.4, 0.5) is 5.69 Å². The van der Waals surface area contributed by atoms with Gasteiger partial charge in [0.05, 0.1) is 20.8 Å². The summed E-state index contributed by atoms with van der Waals surface area (Å²) in [5.41, 5.74) is 3.01. The van der Waals surface area contributed by atoms with Crippen LogP contribution in [0.5, 0.6) is 11.5 Å². The normalized spacial score (nSPS) is 15.9. The van der Waals surface area contributed by atoms with E-state index in [1.165, 1.54) is 0 Å². The first-order valence-electron chi connectivity index (χ1n) is 9.40. The third-order valence-corrected chi connectivity index (χ3v) is 5.53. The van der Waals surface area contributed by atoms with Crippen molar-refractivity contribution in [3.8, 4) is 11.5 Å². The molecule has 0 saturated heterocycles. The quantitative estimate of drug-likeness (QED) is 0.562. The van der Waals surface area contributed by atoms with E-state index < -0.39 is 0 Å². The zero-order valence-corrected chi connectivity index (χ0v) is 17.2. The van der Waals surface area contributed by atoms with Crippen molar-refractivity contribution in [1.82, 2.24) is 0 Å². The Labute approximate surface area is 175 Å². The van der Waals surface area contributed by atoms with Crippen molar-refractivity contribution in [1.29, 1.82) is 0 Å². The Morgan fingerprint density at radius 2 is 1.86 bits per heavy atom. The molecule has 1 aliphatic rings. The summed E-state index contributed by atoms with van der Waals surface area (Å²) in [5, 5.41) is 2.69. The van der Waals surface area contributed by atoms with Crippen LogP contribution in [0.25, 0.3) is 10.8 Å². The Morgan fingerprint density at radius 3 is 2.59 bits per heavy atom. The van der Waals surface area contributed by atoms with Crippen molar-refractivity contribution in [3.05, 3.63) is 77.3 Å². The van der Waals surface area contributed by atoms with Crippen molar-refractivity contribution in [2.45, 2.75) is 12.3 Å². The number of fused-ring (bicyclic) bond motifs is 3. The molecule has 3 aromatic carbocycles. The number of nitrogens with zero attached hydrogens (tertiary/aromatic N) is 1. The summed E-state index contributed by atoms with van der Waals surface area (Å²) in [7, 11) is 3.23. The number of amides is 1. The second kappa shape index (κ2) is 7.80. The summed E-state index contributed by atoms with van der Waals surface area (Å²) < 4.78 is 10.9. The van der Waals surface area contributed by atoms with Gasteiger partial charge in [-0.25, -0.2) is 0 Å². The minimum Gasteiger partial charge on any atom is -0.493 e. The molecule has 1 aliphatic heterocycles. The molecule has 0 saturated carbocycles. The van der Waals surface area contributed by atoms with E-state index in [-0.39, 0.29) is 11.8 Å². The molecule has 1 atom stereocenters. The van der Waals surface area contributed by atoms with Gasteiger partial charge in [0.15, 0.2) is 11.5 Å². The summed E-state index contributed by atoms with van der Waals surface area (Å²) in [5.74, 6) is 1.24. The molecule has 4 rings (SSSR count). The molecular formula is C24H22ClNO3. The predicted octanol–water partition coefficient (Wildman–Crippen LogP) is 5.48. The minimum atomic E-state index is -0.0942. The van der Waals surface area contributed by atoms with Gasteiger partial charge in [-0.1, -0.05) is 54.6 Å². The lowest BCUT2D eigenvalue weighted by Gasteiger charge is -2.35.